The van der Waals surface area contributed by atoms with Crippen molar-refractivity contribution in [3.8, 4) is 0 Å². The molecule has 1 saturated carbocycles. The van der Waals surface area contributed by atoms with E-state index in [0.717, 1.165) is 37.7 Å². The number of carbonyl (C=O) groups is 1. The van der Waals surface area contributed by atoms with E-state index in [-0.39, 0.29) is 23.6 Å². The van der Waals surface area contributed by atoms with Gasteiger partial charge in [-0.2, -0.15) is 0 Å². The van der Waals surface area contributed by atoms with E-state index in [0.29, 0.717) is 0 Å². The van der Waals surface area contributed by atoms with Crippen molar-refractivity contribution in [2.45, 2.75) is 43.9 Å². The molecule has 18 heavy (non-hydrogen) atoms. The molecule has 0 radical (unpaired) electrons. The van der Waals surface area contributed by atoms with Gasteiger partial charge < -0.3 is 5.11 Å². The zero-order chi connectivity index (χ0) is 12.8. The van der Waals surface area contributed by atoms with Crippen LogP contribution >= 0.6 is 0 Å². The Morgan fingerprint density at radius 2 is 2.22 bits per heavy atom. The number of halogens is 1. The second-order valence-corrected chi connectivity index (χ2v) is 5.64. The van der Waals surface area contributed by atoms with Gasteiger partial charge in [0.05, 0.1) is 0 Å². The first-order chi connectivity index (χ1) is 8.62. The number of hydrogen-bond donors (Lipinski definition) is 1. The van der Waals surface area contributed by atoms with Crippen molar-refractivity contribution in [1.82, 2.24) is 0 Å². The molecule has 0 saturated heterocycles. The van der Waals surface area contributed by atoms with E-state index < -0.39 is 5.97 Å². The third-order valence-corrected chi connectivity index (χ3v) is 4.81. The Morgan fingerprint density at radius 1 is 1.44 bits per heavy atom. The van der Waals surface area contributed by atoms with E-state index in [2.05, 4.69) is 0 Å². The molecule has 1 aromatic rings. The van der Waals surface area contributed by atoms with Gasteiger partial charge in [-0.05, 0) is 60.3 Å². The third-order valence-electron chi connectivity index (χ3n) is 4.81. The van der Waals surface area contributed by atoms with Gasteiger partial charge in [0, 0.05) is 6.42 Å². The van der Waals surface area contributed by atoms with Crippen LogP contribution < -0.4 is 0 Å². The van der Waals surface area contributed by atoms with Gasteiger partial charge in [-0.1, -0.05) is 12.5 Å². The van der Waals surface area contributed by atoms with Crippen molar-refractivity contribution < 1.29 is 14.3 Å². The minimum Gasteiger partial charge on any atom is -0.481 e. The summed E-state index contributed by atoms with van der Waals surface area (Å²) < 4.78 is 13.3. The summed E-state index contributed by atoms with van der Waals surface area (Å²) in [6, 6.07) is 5.03. The Labute approximate surface area is 106 Å². The summed E-state index contributed by atoms with van der Waals surface area (Å²) in [5.74, 6) is -0.668. The van der Waals surface area contributed by atoms with E-state index in [1.807, 2.05) is 6.07 Å². The zero-order valence-electron chi connectivity index (χ0n) is 10.3. The molecular formula is C15H17FO2. The summed E-state index contributed by atoms with van der Waals surface area (Å²) in [7, 11) is 0. The molecule has 2 nitrogen and oxygen atoms in total. The number of benzene rings is 1. The Morgan fingerprint density at radius 3 is 2.83 bits per heavy atom. The molecule has 96 valence electrons. The van der Waals surface area contributed by atoms with Crippen molar-refractivity contribution in [1.29, 1.82) is 0 Å². The molecule has 2 aliphatic rings. The summed E-state index contributed by atoms with van der Waals surface area (Å²) in [6.45, 7) is 0. The maximum absolute atomic E-state index is 13.3. The van der Waals surface area contributed by atoms with Crippen LogP contribution in [0.3, 0.4) is 0 Å². The van der Waals surface area contributed by atoms with Crippen molar-refractivity contribution >= 4 is 5.97 Å². The molecule has 0 amide bonds. The van der Waals surface area contributed by atoms with Crippen molar-refractivity contribution in [3.63, 3.8) is 0 Å². The number of carboxylic acids is 1. The minimum absolute atomic E-state index is 0.0275. The number of aryl methyl sites for hydroxylation is 1. The molecule has 3 rings (SSSR count). The zero-order valence-corrected chi connectivity index (χ0v) is 10.3. The summed E-state index contributed by atoms with van der Waals surface area (Å²) in [6.07, 6.45) is 5.21. The molecule has 1 fully saturated rings. The number of carboxylic acid groups (broad SMARTS) is 1. The van der Waals surface area contributed by atoms with E-state index in [4.69, 9.17) is 5.11 Å². The Hall–Kier alpha value is -1.38. The van der Waals surface area contributed by atoms with Crippen LogP contribution in [0.4, 0.5) is 4.39 Å². The normalized spacial score (nSPS) is 24.4. The van der Waals surface area contributed by atoms with Crippen LogP contribution in [0.15, 0.2) is 18.2 Å². The van der Waals surface area contributed by atoms with Gasteiger partial charge in [-0.15, -0.1) is 0 Å². The van der Waals surface area contributed by atoms with Crippen LogP contribution in [-0.2, 0) is 16.6 Å². The SMILES string of the molecule is O=C(O)CC1CCc2cc(F)ccc2C12CCC2. The summed E-state index contributed by atoms with van der Waals surface area (Å²) >= 11 is 0. The summed E-state index contributed by atoms with van der Waals surface area (Å²) in [4.78, 5) is 11.0. The number of aliphatic carboxylic acids is 1. The van der Waals surface area contributed by atoms with Crippen molar-refractivity contribution in [3.05, 3.63) is 35.1 Å². The molecule has 1 aromatic carbocycles. The maximum Gasteiger partial charge on any atom is 0.303 e. The van der Waals surface area contributed by atoms with Gasteiger partial charge in [-0.3, -0.25) is 4.79 Å². The molecule has 1 N–H and O–H groups in total. The van der Waals surface area contributed by atoms with Gasteiger partial charge in [0.1, 0.15) is 5.82 Å². The van der Waals surface area contributed by atoms with Gasteiger partial charge in [-0.25, -0.2) is 4.39 Å². The molecule has 0 bridgehead atoms. The third kappa shape index (κ3) is 1.64. The van der Waals surface area contributed by atoms with Crippen LogP contribution in [-0.4, -0.2) is 11.1 Å². The molecule has 2 aliphatic carbocycles. The van der Waals surface area contributed by atoms with Crippen LogP contribution in [0.25, 0.3) is 0 Å². The quantitative estimate of drug-likeness (QED) is 0.872. The number of hydrogen-bond acceptors (Lipinski definition) is 1. The lowest BCUT2D eigenvalue weighted by molar-refractivity contribution is -0.139. The summed E-state index contributed by atoms with van der Waals surface area (Å²) in [5, 5.41) is 9.05. The van der Waals surface area contributed by atoms with Gasteiger partial charge in [0.15, 0.2) is 0 Å². The largest absolute Gasteiger partial charge is 0.481 e. The maximum atomic E-state index is 13.3. The first-order valence-electron chi connectivity index (χ1n) is 6.62. The predicted molar refractivity (Wildman–Crippen MR) is 66.0 cm³/mol. The van der Waals surface area contributed by atoms with Gasteiger partial charge in [0.2, 0.25) is 0 Å². The highest BCUT2D eigenvalue weighted by Crippen LogP contribution is 2.55. The molecule has 0 heterocycles. The van der Waals surface area contributed by atoms with E-state index in [1.165, 1.54) is 11.6 Å². The Balaban J connectivity index is 2.00. The average molecular weight is 248 g/mol. The lowest BCUT2D eigenvalue weighted by Gasteiger charge is -2.51. The van der Waals surface area contributed by atoms with Gasteiger partial charge >= 0.3 is 5.97 Å². The summed E-state index contributed by atoms with van der Waals surface area (Å²) in [5.41, 5.74) is 2.34. The number of rotatable bonds is 2. The average Bonchev–Trinajstić information content (AvgIpc) is 2.26. The first kappa shape index (κ1) is 11.7. The van der Waals surface area contributed by atoms with Crippen LogP contribution in [0.1, 0.15) is 43.2 Å². The van der Waals surface area contributed by atoms with Crippen molar-refractivity contribution in [2.75, 3.05) is 0 Å². The fourth-order valence-electron chi connectivity index (χ4n) is 3.82. The lowest BCUT2D eigenvalue weighted by atomic mass is 9.52. The molecule has 0 aromatic heterocycles. The van der Waals surface area contributed by atoms with E-state index in [1.54, 1.807) is 6.07 Å². The highest BCUT2D eigenvalue weighted by molar-refractivity contribution is 5.67. The highest BCUT2D eigenvalue weighted by atomic mass is 19.1. The Kier molecular flexibility index (Phi) is 2.65. The predicted octanol–water partition coefficient (Wildman–Crippen LogP) is 3.28. The second-order valence-electron chi connectivity index (χ2n) is 5.64. The highest BCUT2D eigenvalue weighted by Gasteiger charge is 2.48. The molecule has 1 unspecified atom stereocenters. The smallest absolute Gasteiger partial charge is 0.303 e. The topological polar surface area (TPSA) is 37.3 Å². The van der Waals surface area contributed by atoms with E-state index in [9.17, 15) is 9.18 Å². The molecule has 1 spiro atoms. The first-order valence-corrected chi connectivity index (χ1v) is 6.62. The lowest BCUT2D eigenvalue weighted by Crippen LogP contribution is -2.46. The molecule has 0 aliphatic heterocycles. The number of fused-ring (bicyclic) bond motifs is 2. The van der Waals surface area contributed by atoms with E-state index >= 15 is 0 Å². The molecular weight excluding hydrogens is 231 g/mol. The minimum atomic E-state index is -0.711. The standard InChI is InChI=1S/C15H17FO2/c16-12-4-5-13-10(8-12)2-3-11(9-14(17)18)15(13)6-1-7-15/h4-5,8,11H,1-3,6-7,9H2,(H,17,18). The van der Waals surface area contributed by atoms with Crippen LogP contribution in [0.5, 0.6) is 0 Å². The van der Waals surface area contributed by atoms with Crippen molar-refractivity contribution in [2.24, 2.45) is 5.92 Å². The molecule has 1 atom stereocenters. The second kappa shape index (κ2) is 4.08. The fraction of sp³-hybridized carbons (Fsp3) is 0.533. The fourth-order valence-corrected chi connectivity index (χ4v) is 3.82. The van der Waals surface area contributed by atoms with Gasteiger partial charge in [0.25, 0.3) is 0 Å². The monoisotopic (exact) mass is 248 g/mol. The molecule has 3 heteroatoms. The van der Waals surface area contributed by atoms with Crippen LogP contribution in [0.2, 0.25) is 0 Å². The Bertz CT molecular complexity index is 491. The van der Waals surface area contributed by atoms with Crippen LogP contribution in [0, 0.1) is 11.7 Å².